The fraction of sp³-hybridized carbons (Fsp3) is 0.973. The highest BCUT2D eigenvalue weighted by Gasteiger charge is 2.65. The lowest BCUT2D eigenvalue weighted by atomic mass is 9.45. The maximum Gasteiger partial charge on any atom is 0.302 e. The van der Waals surface area contributed by atoms with Crippen molar-refractivity contribution in [3.05, 3.63) is 0 Å². The second kappa shape index (κ2) is 13.8. The molecule has 7 fully saturated rings. The Labute approximate surface area is 276 Å². The number of hydrogen-bond donors (Lipinski definition) is 4. The van der Waals surface area contributed by atoms with Gasteiger partial charge in [-0.2, -0.15) is 0 Å². The van der Waals surface area contributed by atoms with Crippen LogP contribution >= 0.6 is 0 Å². The Morgan fingerprint density at radius 1 is 0.891 bits per heavy atom. The summed E-state index contributed by atoms with van der Waals surface area (Å²) < 4.78 is 25.2. The predicted octanol–water partition coefficient (Wildman–Crippen LogP) is 2.99. The Hall–Kier alpha value is -0.810. The third-order valence-electron chi connectivity index (χ3n) is 14.7. The van der Waals surface area contributed by atoms with Crippen LogP contribution in [0.2, 0.25) is 0 Å². The Morgan fingerprint density at radius 2 is 1.70 bits per heavy atom. The minimum atomic E-state index is -0.430. The van der Waals surface area contributed by atoms with Crippen molar-refractivity contribution in [3.8, 4) is 0 Å². The molecule has 262 valence electrons. The van der Waals surface area contributed by atoms with E-state index in [0.717, 1.165) is 63.3 Å². The number of carbonyl (C=O) groups is 1. The van der Waals surface area contributed by atoms with Gasteiger partial charge in [0.05, 0.1) is 49.8 Å². The van der Waals surface area contributed by atoms with Crippen molar-refractivity contribution in [1.82, 2.24) is 0 Å². The van der Waals surface area contributed by atoms with Gasteiger partial charge in [0.1, 0.15) is 6.17 Å². The predicted molar refractivity (Wildman–Crippen MR) is 172 cm³/mol. The van der Waals surface area contributed by atoms with Gasteiger partial charge in [0, 0.05) is 39.4 Å². The molecule has 0 aromatic rings. The number of carbonyl (C=O) groups excluding carboxylic acids is 1. The molecule has 17 unspecified atom stereocenters. The molecule has 0 aromatic heterocycles. The Kier molecular flexibility index (Phi) is 10.1. The molecule has 6 N–H and O–H groups in total. The Morgan fingerprint density at radius 3 is 2.43 bits per heavy atom. The lowest BCUT2D eigenvalue weighted by Gasteiger charge is -2.61. The molecule has 2 saturated heterocycles. The number of piperidine rings is 1. The number of aliphatic hydroxyl groups is 2. The molecule has 7 aliphatic rings. The van der Waals surface area contributed by atoms with Crippen molar-refractivity contribution in [1.29, 1.82) is 0 Å². The molecule has 2 aliphatic heterocycles. The first-order valence-electron chi connectivity index (χ1n) is 19.0. The van der Waals surface area contributed by atoms with Crippen molar-refractivity contribution in [2.45, 2.75) is 140 Å². The highest BCUT2D eigenvalue weighted by Crippen LogP contribution is 2.68. The maximum absolute atomic E-state index is 12.1. The first kappa shape index (κ1) is 33.7. The van der Waals surface area contributed by atoms with Crippen molar-refractivity contribution in [2.75, 3.05) is 27.4 Å². The molecule has 0 bridgehead atoms. The summed E-state index contributed by atoms with van der Waals surface area (Å²) in [5.41, 5.74) is 6.45. The standard InChI is InChI=1S/C37H62N2O7/c1-20(40)45-19-28-26-6-7-27-33-24(13-25(41)15-31(33)44-3)17-37(11-10-21(16-37)12-22-4-9-32(38)39-18-22)34(27)36(26)46-35(28)23-5-8-29(42)30(14-23)43-2/h21-36,39,41-42H,4-19,38H2,1-3H3/p+1. The number of quaternary nitrogens is 1. The van der Waals surface area contributed by atoms with E-state index in [9.17, 15) is 15.0 Å². The number of ether oxygens (including phenoxy) is 4. The molecule has 46 heavy (non-hydrogen) atoms. The fourth-order valence-electron chi connectivity index (χ4n) is 13.0. The maximum atomic E-state index is 12.1. The van der Waals surface area contributed by atoms with E-state index >= 15 is 0 Å². The summed E-state index contributed by atoms with van der Waals surface area (Å²) in [6.07, 6.45) is 14.7. The van der Waals surface area contributed by atoms with Crippen LogP contribution in [0.25, 0.3) is 0 Å². The quantitative estimate of drug-likeness (QED) is 0.310. The zero-order valence-corrected chi connectivity index (χ0v) is 28.6. The van der Waals surface area contributed by atoms with Crippen LogP contribution in [0.15, 0.2) is 0 Å². The molecule has 2 heterocycles. The topological polar surface area (TPSA) is 137 Å². The second-order valence-electron chi connectivity index (χ2n) is 17.1. The van der Waals surface area contributed by atoms with Gasteiger partial charge in [-0.05, 0) is 130 Å². The van der Waals surface area contributed by atoms with E-state index in [0.29, 0.717) is 36.2 Å². The minimum absolute atomic E-state index is 0.0126. The molecule has 9 nitrogen and oxygen atoms in total. The van der Waals surface area contributed by atoms with Crippen LogP contribution in [0.1, 0.15) is 96.8 Å². The summed E-state index contributed by atoms with van der Waals surface area (Å²) >= 11 is 0. The Balaban J connectivity index is 1.19. The van der Waals surface area contributed by atoms with Gasteiger partial charge in [0.2, 0.25) is 0 Å². The van der Waals surface area contributed by atoms with Crippen LogP contribution in [0.5, 0.6) is 0 Å². The van der Waals surface area contributed by atoms with E-state index < -0.39 is 6.10 Å². The van der Waals surface area contributed by atoms with Gasteiger partial charge < -0.3 is 34.5 Å². The van der Waals surface area contributed by atoms with Crippen molar-refractivity contribution in [2.24, 2.45) is 64.4 Å². The monoisotopic (exact) mass is 647 g/mol. The van der Waals surface area contributed by atoms with Gasteiger partial charge in [-0.3, -0.25) is 10.5 Å². The fourth-order valence-corrected chi connectivity index (χ4v) is 13.0. The summed E-state index contributed by atoms with van der Waals surface area (Å²) in [6.45, 7) is 3.10. The van der Waals surface area contributed by atoms with Crippen LogP contribution in [-0.4, -0.2) is 86.3 Å². The van der Waals surface area contributed by atoms with Crippen LogP contribution in [0.4, 0.5) is 0 Å². The lowest BCUT2D eigenvalue weighted by molar-refractivity contribution is -0.703. The van der Waals surface area contributed by atoms with Crippen molar-refractivity contribution < 1.29 is 39.3 Å². The highest BCUT2D eigenvalue weighted by atomic mass is 16.5. The average molecular weight is 648 g/mol. The smallest absolute Gasteiger partial charge is 0.302 e. The third-order valence-corrected chi connectivity index (χ3v) is 14.7. The van der Waals surface area contributed by atoms with Gasteiger partial charge >= 0.3 is 5.97 Å². The Bertz CT molecular complexity index is 1050. The summed E-state index contributed by atoms with van der Waals surface area (Å²) in [5.74, 6) is 4.09. The third kappa shape index (κ3) is 6.33. The first-order valence-corrected chi connectivity index (χ1v) is 19.0. The van der Waals surface area contributed by atoms with Crippen LogP contribution in [0.3, 0.4) is 0 Å². The van der Waals surface area contributed by atoms with Crippen molar-refractivity contribution >= 4 is 5.97 Å². The van der Waals surface area contributed by atoms with Crippen LogP contribution < -0.4 is 11.1 Å². The molecule has 9 heteroatoms. The number of aliphatic hydroxyl groups excluding tert-OH is 2. The zero-order chi connectivity index (χ0) is 32.2. The number of nitrogens with two attached hydrogens (primary N) is 2. The molecule has 7 rings (SSSR count). The minimum Gasteiger partial charge on any atom is -0.465 e. The molecule has 0 amide bonds. The number of esters is 1. The molecule has 1 spiro atoms. The number of fused-ring (bicyclic) bond motifs is 6. The molecule has 17 atom stereocenters. The molecular weight excluding hydrogens is 584 g/mol. The van der Waals surface area contributed by atoms with Crippen LogP contribution in [-0.2, 0) is 23.7 Å². The van der Waals surface area contributed by atoms with Gasteiger partial charge in [-0.15, -0.1) is 0 Å². The lowest BCUT2D eigenvalue weighted by Crippen LogP contribution is -2.95. The number of rotatable bonds is 7. The van der Waals surface area contributed by atoms with Gasteiger partial charge in [-0.25, -0.2) is 0 Å². The van der Waals surface area contributed by atoms with E-state index in [-0.39, 0.29) is 59.9 Å². The highest BCUT2D eigenvalue weighted by molar-refractivity contribution is 5.65. The number of methoxy groups -OCH3 is 2. The first-order chi connectivity index (χ1) is 22.2. The van der Waals surface area contributed by atoms with E-state index in [1.165, 1.54) is 51.9 Å². The molecule has 5 saturated carbocycles. The zero-order valence-electron chi connectivity index (χ0n) is 28.6. The van der Waals surface area contributed by atoms with E-state index in [1.807, 2.05) is 7.11 Å². The van der Waals surface area contributed by atoms with Gasteiger partial charge in [0.15, 0.2) is 0 Å². The van der Waals surface area contributed by atoms with Crippen molar-refractivity contribution in [3.63, 3.8) is 0 Å². The second-order valence-corrected chi connectivity index (χ2v) is 17.1. The van der Waals surface area contributed by atoms with Gasteiger partial charge in [0.25, 0.3) is 0 Å². The largest absolute Gasteiger partial charge is 0.465 e. The molecule has 0 radical (unpaired) electrons. The van der Waals surface area contributed by atoms with E-state index in [1.54, 1.807) is 7.11 Å². The summed E-state index contributed by atoms with van der Waals surface area (Å²) in [5, 5.41) is 24.0. The molecule has 5 aliphatic carbocycles. The SMILES string of the molecule is COC1CC(C2OC3C(CCC4C5C(CC(O)CC5OC)CC5(CCC(CC6CCC(N)[NH2+]C6)C5)C43)C2COC(C)=O)CCC1O. The van der Waals surface area contributed by atoms with Crippen LogP contribution in [0, 0.1) is 58.7 Å². The normalized spacial score (nSPS) is 52.1. The summed E-state index contributed by atoms with van der Waals surface area (Å²) in [7, 11) is 3.56. The van der Waals surface area contributed by atoms with Gasteiger partial charge in [-0.1, -0.05) is 0 Å². The van der Waals surface area contributed by atoms with E-state index in [2.05, 4.69) is 5.32 Å². The molecule has 0 aromatic carbocycles. The average Bonchev–Trinajstić information content (AvgIpc) is 3.61. The van der Waals surface area contributed by atoms with E-state index in [4.69, 9.17) is 24.7 Å². The summed E-state index contributed by atoms with van der Waals surface area (Å²) in [4.78, 5) is 12.1. The summed E-state index contributed by atoms with van der Waals surface area (Å²) in [6, 6.07) is 0. The molecular formula is C37H63N2O7+. The number of hydrogen-bond acceptors (Lipinski definition) is 8.